The fourth-order valence-electron chi connectivity index (χ4n) is 3.84. The zero-order chi connectivity index (χ0) is 28.4. The van der Waals surface area contributed by atoms with Crippen LogP contribution in [0, 0.1) is 0 Å². The normalized spacial score (nSPS) is 13.8. The molecule has 0 amide bonds. The number of rotatable bonds is 9. The molecule has 0 saturated heterocycles. The second-order valence-corrected chi connectivity index (χ2v) is 15.0. The highest BCUT2D eigenvalue weighted by Gasteiger charge is 2.30. The SMILES string of the molecule is CCS(=O)(=O)Cc1ccc(C(=O)c2ccc(Cl)cc2)c(-c2cn(C)c(=O)cc2[C@H](C)N[S+]([O-])C(C)(C)C)c1. The molecule has 10 heteroatoms. The molecule has 0 saturated carbocycles. The van der Waals surface area contributed by atoms with Crippen molar-refractivity contribution in [2.45, 2.75) is 51.2 Å². The zero-order valence-corrected chi connectivity index (χ0v) is 24.8. The highest BCUT2D eigenvalue weighted by Crippen LogP contribution is 2.33. The summed E-state index contributed by atoms with van der Waals surface area (Å²) in [6, 6.07) is 12.4. The van der Waals surface area contributed by atoms with Crippen LogP contribution in [0.4, 0.5) is 0 Å². The van der Waals surface area contributed by atoms with Crippen LogP contribution in [0.1, 0.15) is 67.7 Å². The quantitative estimate of drug-likeness (QED) is 0.284. The van der Waals surface area contributed by atoms with Crippen molar-refractivity contribution in [2.24, 2.45) is 7.05 Å². The van der Waals surface area contributed by atoms with Gasteiger partial charge in [0.1, 0.15) is 4.75 Å². The van der Waals surface area contributed by atoms with Crippen molar-refractivity contribution in [1.29, 1.82) is 0 Å². The largest absolute Gasteiger partial charge is 0.598 e. The third-order valence-corrected chi connectivity index (χ3v) is 9.70. The average molecular weight is 577 g/mol. The van der Waals surface area contributed by atoms with Crippen LogP contribution in [0.15, 0.2) is 59.5 Å². The lowest BCUT2D eigenvalue weighted by Crippen LogP contribution is -2.41. The molecule has 0 fully saturated rings. The number of carbonyl (C=O) groups excluding carboxylic acids is 1. The fourth-order valence-corrected chi connectivity index (χ4v) is 5.66. The summed E-state index contributed by atoms with van der Waals surface area (Å²) in [5, 5.41) is 0.494. The Morgan fingerprint density at radius 2 is 1.74 bits per heavy atom. The number of pyridine rings is 1. The molecule has 1 aromatic heterocycles. The molecule has 0 aliphatic heterocycles. The number of aryl methyl sites for hydroxylation is 1. The molecule has 38 heavy (non-hydrogen) atoms. The van der Waals surface area contributed by atoms with Crippen LogP contribution < -0.4 is 10.3 Å². The fraction of sp³-hybridized carbons (Fsp3) is 0.357. The van der Waals surface area contributed by atoms with Crippen LogP contribution in [-0.4, -0.2) is 33.8 Å². The summed E-state index contributed by atoms with van der Waals surface area (Å²) in [6.07, 6.45) is 1.63. The van der Waals surface area contributed by atoms with Crippen molar-refractivity contribution < 1.29 is 17.8 Å². The Morgan fingerprint density at radius 3 is 2.32 bits per heavy atom. The van der Waals surface area contributed by atoms with Gasteiger partial charge in [0.05, 0.1) is 11.8 Å². The minimum absolute atomic E-state index is 0.0154. The van der Waals surface area contributed by atoms with Crippen LogP contribution in [0.2, 0.25) is 5.02 Å². The molecule has 0 bridgehead atoms. The molecule has 2 aromatic carbocycles. The summed E-state index contributed by atoms with van der Waals surface area (Å²) in [6.45, 7) is 8.91. The van der Waals surface area contributed by atoms with E-state index in [2.05, 4.69) is 4.72 Å². The minimum Gasteiger partial charge on any atom is -0.598 e. The summed E-state index contributed by atoms with van der Waals surface area (Å²) in [4.78, 5) is 26.3. The monoisotopic (exact) mass is 576 g/mol. The van der Waals surface area contributed by atoms with Crippen LogP contribution in [0.25, 0.3) is 11.1 Å². The minimum atomic E-state index is -3.34. The van der Waals surface area contributed by atoms with E-state index in [0.717, 1.165) is 0 Å². The van der Waals surface area contributed by atoms with Crippen LogP contribution in [0.3, 0.4) is 0 Å². The van der Waals surface area contributed by atoms with Gasteiger partial charge in [0.2, 0.25) is 0 Å². The zero-order valence-electron chi connectivity index (χ0n) is 22.4. The number of nitrogens with one attached hydrogen (secondary N) is 1. The summed E-state index contributed by atoms with van der Waals surface area (Å²) < 4.78 is 41.6. The van der Waals surface area contributed by atoms with E-state index in [4.69, 9.17) is 11.6 Å². The Labute approximate surface area is 232 Å². The maximum atomic E-state index is 13.7. The molecule has 0 spiro atoms. The molecule has 2 atom stereocenters. The van der Waals surface area contributed by atoms with Gasteiger partial charge in [0.25, 0.3) is 5.56 Å². The van der Waals surface area contributed by atoms with E-state index in [1.807, 2.05) is 20.8 Å². The van der Waals surface area contributed by atoms with E-state index >= 15 is 0 Å². The topological polar surface area (TPSA) is 108 Å². The van der Waals surface area contributed by atoms with Gasteiger partial charge >= 0.3 is 0 Å². The first kappa shape index (κ1) is 30.1. The van der Waals surface area contributed by atoms with Crippen LogP contribution in [0.5, 0.6) is 0 Å². The van der Waals surface area contributed by atoms with Gasteiger partial charge in [0, 0.05) is 58.1 Å². The van der Waals surface area contributed by atoms with Crippen molar-refractivity contribution in [2.75, 3.05) is 5.75 Å². The lowest BCUT2D eigenvalue weighted by atomic mass is 9.89. The maximum Gasteiger partial charge on any atom is 0.250 e. The number of carbonyl (C=O) groups is 1. The number of halogens is 1. The van der Waals surface area contributed by atoms with Crippen LogP contribution >= 0.6 is 11.6 Å². The molecule has 3 rings (SSSR count). The van der Waals surface area contributed by atoms with Crippen molar-refractivity contribution in [3.05, 3.63) is 92.4 Å². The van der Waals surface area contributed by atoms with Crippen molar-refractivity contribution in [1.82, 2.24) is 9.29 Å². The van der Waals surface area contributed by atoms with E-state index in [-0.39, 0.29) is 22.8 Å². The van der Waals surface area contributed by atoms with Crippen LogP contribution in [-0.2, 0) is 34.0 Å². The second kappa shape index (κ2) is 11.8. The second-order valence-electron chi connectivity index (χ2n) is 10.2. The number of ketones is 1. The number of benzene rings is 2. The number of hydrogen-bond donors (Lipinski definition) is 1. The first-order valence-electron chi connectivity index (χ1n) is 12.2. The molecule has 1 N–H and O–H groups in total. The van der Waals surface area contributed by atoms with E-state index in [9.17, 15) is 22.6 Å². The average Bonchev–Trinajstić information content (AvgIpc) is 2.84. The summed E-state index contributed by atoms with van der Waals surface area (Å²) in [7, 11) is -1.74. The Morgan fingerprint density at radius 1 is 1.11 bits per heavy atom. The molecule has 1 unspecified atom stereocenters. The highest BCUT2D eigenvalue weighted by molar-refractivity contribution is 7.91. The lowest BCUT2D eigenvalue weighted by Gasteiger charge is -2.27. The number of sulfone groups is 1. The van der Waals surface area contributed by atoms with Gasteiger partial charge in [-0.25, -0.2) is 8.42 Å². The van der Waals surface area contributed by atoms with E-state index in [0.29, 0.717) is 38.4 Å². The molecule has 0 aliphatic rings. The van der Waals surface area contributed by atoms with E-state index in [1.165, 1.54) is 10.6 Å². The number of hydrogen-bond acceptors (Lipinski definition) is 6. The highest BCUT2D eigenvalue weighted by atomic mass is 35.5. The molecule has 7 nitrogen and oxygen atoms in total. The summed E-state index contributed by atoms with van der Waals surface area (Å²) in [5.41, 5.74) is 2.60. The van der Waals surface area contributed by atoms with Crippen molar-refractivity contribution in [3.63, 3.8) is 0 Å². The summed E-state index contributed by atoms with van der Waals surface area (Å²) >= 11 is 4.59. The first-order chi connectivity index (χ1) is 17.6. The third kappa shape index (κ3) is 7.15. The molecule has 0 radical (unpaired) electrons. The molecule has 0 aliphatic carbocycles. The predicted molar refractivity (Wildman–Crippen MR) is 155 cm³/mol. The maximum absolute atomic E-state index is 13.7. The Bertz CT molecular complexity index is 1490. The van der Waals surface area contributed by atoms with Gasteiger partial charge in [-0.05, 0) is 74.7 Å². The lowest BCUT2D eigenvalue weighted by molar-refractivity contribution is 0.103. The van der Waals surface area contributed by atoms with Crippen molar-refractivity contribution in [3.8, 4) is 11.1 Å². The van der Waals surface area contributed by atoms with E-state index in [1.54, 1.807) is 69.6 Å². The molecular weight excluding hydrogens is 544 g/mol. The summed E-state index contributed by atoms with van der Waals surface area (Å²) in [5.74, 6) is -0.479. The predicted octanol–water partition coefficient (Wildman–Crippen LogP) is 4.98. The Kier molecular flexibility index (Phi) is 9.32. The van der Waals surface area contributed by atoms with Gasteiger partial charge < -0.3 is 9.12 Å². The van der Waals surface area contributed by atoms with Crippen molar-refractivity contribution >= 4 is 38.6 Å². The third-order valence-electron chi connectivity index (χ3n) is 6.12. The molecule has 1 heterocycles. The number of aromatic nitrogens is 1. The first-order valence-corrected chi connectivity index (χ1v) is 15.5. The van der Waals surface area contributed by atoms with Gasteiger partial charge in [-0.2, -0.15) is 0 Å². The molecule has 204 valence electrons. The Balaban J connectivity index is 2.26. The van der Waals surface area contributed by atoms with Gasteiger partial charge in [-0.15, -0.1) is 4.72 Å². The smallest absolute Gasteiger partial charge is 0.250 e. The standard InChI is InChI=1S/C28H33ClN2O5S2/c1-7-38(35,36)17-19-8-13-22(27(33)20-9-11-21(29)12-10-20)24(14-19)25-16-31(6)26(32)15-23(25)18(2)30-37(34)28(3,4)5/h8-16,18,30H,7,17H2,1-6H3/t18-,37?/m0/s1. The molecule has 3 aromatic rings. The molecular formula is C28H33ClN2O5S2. The van der Waals surface area contributed by atoms with E-state index < -0.39 is 32.0 Å². The van der Waals surface area contributed by atoms with Gasteiger partial charge in [-0.3, -0.25) is 9.59 Å². The van der Waals surface area contributed by atoms with Gasteiger partial charge in [0.15, 0.2) is 15.6 Å². The van der Waals surface area contributed by atoms with Gasteiger partial charge in [-0.1, -0.05) is 30.7 Å². The Hall–Kier alpha value is -2.43. The number of nitrogens with zero attached hydrogens (tertiary/aromatic N) is 1.